The molecule has 1 aliphatic rings. The Morgan fingerprint density at radius 2 is 2.12 bits per heavy atom. The first-order chi connectivity index (χ1) is 7.72. The van der Waals surface area contributed by atoms with E-state index in [9.17, 15) is 0 Å². The van der Waals surface area contributed by atoms with E-state index >= 15 is 0 Å². The van der Waals surface area contributed by atoms with Gasteiger partial charge >= 0.3 is 0 Å². The predicted octanol–water partition coefficient (Wildman–Crippen LogP) is 2.57. The van der Waals surface area contributed by atoms with E-state index < -0.39 is 0 Å². The number of para-hydroxylation sites is 1. The van der Waals surface area contributed by atoms with Crippen LogP contribution in [0.2, 0.25) is 0 Å². The first-order valence-corrected chi connectivity index (χ1v) is 6.31. The summed E-state index contributed by atoms with van der Waals surface area (Å²) in [5, 5.41) is 0. The summed E-state index contributed by atoms with van der Waals surface area (Å²) >= 11 is 5.97. The highest BCUT2D eigenvalue weighted by molar-refractivity contribution is 6.17. The molecule has 0 aromatic heterocycles. The summed E-state index contributed by atoms with van der Waals surface area (Å²) in [6.07, 6.45) is 1.24. The maximum absolute atomic E-state index is 5.97. The lowest BCUT2D eigenvalue weighted by Crippen LogP contribution is -2.31. The first-order valence-electron chi connectivity index (χ1n) is 5.77. The number of hydrogen-bond acceptors (Lipinski definition) is 2. The zero-order valence-electron chi connectivity index (χ0n) is 9.99. The Morgan fingerprint density at radius 3 is 2.75 bits per heavy atom. The van der Waals surface area contributed by atoms with Crippen LogP contribution in [0.25, 0.3) is 0 Å². The fourth-order valence-corrected chi connectivity index (χ4v) is 2.54. The van der Waals surface area contributed by atoms with E-state index in [0.717, 1.165) is 13.1 Å². The van der Waals surface area contributed by atoms with Crippen LogP contribution in [0.4, 0.5) is 5.69 Å². The third kappa shape index (κ3) is 2.33. The van der Waals surface area contributed by atoms with Crippen LogP contribution in [-0.4, -0.2) is 38.1 Å². The van der Waals surface area contributed by atoms with Crippen molar-refractivity contribution in [3.63, 3.8) is 0 Å². The lowest BCUT2D eigenvalue weighted by atomic mass is 10.2. The van der Waals surface area contributed by atoms with Crippen LogP contribution in [0.1, 0.15) is 12.0 Å². The second-order valence-corrected chi connectivity index (χ2v) is 4.88. The molecule has 0 N–H and O–H groups in total. The summed E-state index contributed by atoms with van der Waals surface area (Å²) < 4.78 is 0. The Hall–Kier alpha value is -0.730. The first kappa shape index (κ1) is 11.7. The molecule has 0 saturated carbocycles. The molecule has 16 heavy (non-hydrogen) atoms. The van der Waals surface area contributed by atoms with Crippen molar-refractivity contribution in [1.82, 2.24) is 4.90 Å². The van der Waals surface area contributed by atoms with Crippen LogP contribution in [0, 0.1) is 0 Å². The van der Waals surface area contributed by atoms with Crippen molar-refractivity contribution in [3.8, 4) is 0 Å². The zero-order valence-corrected chi connectivity index (χ0v) is 10.7. The summed E-state index contributed by atoms with van der Waals surface area (Å²) in [6.45, 7) is 2.25. The normalized spacial score (nSPS) is 20.8. The molecule has 2 rings (SSSR count). The Bertz CT molecular complexity index is 352. The molecule has 1 atom stereocenters. The molecule has 0 radical (unpaired) electrons. The van der Waals surface area contributed by atoms with Crippen LogP contribution >= 0.6 is 11.6 Å². The average molecular weight is 239 g/mol. The predicted molar refractivity (Wildman–Crippen MR) is 70.3 cm³/mol. The highest BCUT2D eigenvalue weighted by atomic mass is 35.5. The van der Waals surface area contributed by atoms with E-state index in [1.807, 2.05) is 0 Å². The highest BCUT2D eigenvalue weighted by Crippen LogP contribution is 2.26. The minimum atomic E-state index is 0.597. The Morgan fingerprint density at radius 1 is 1.38 bits per heavy atom. The molecule has 2 nitrogen and oxygen atoms in total. The van der Waals surface area contributed by atoms with Gasteiger partial charge in [0.1, 0.15) is 0 Å². The zero-order chi connectivity index (χ0) is 11.5. The Labute approximate surface area is 103 Å². The lowest BCUT2D eigenvalue weighted by Gasteiger charge is -2.23. The van der Waals surface area contributed by atoms with Gasteiger partial charge in [0.15, 0.2) is 0 Å². The molecule has 0 amide bonds. The SMILES string of the molecule is CN(C)C1CCN(c2ccccc2CCl)C1. The number of rotatable bonds is 3. The number of hydrogen-bond donors (Lipinski definition) is 0. The van der Waals surface area contributed by atoms with Gasteiger partial charge in [0.05, 0.1) is 0 Å². The van der Waals surface area contributed by atoms with E-state index in [2.05, 4.69) is 48.2 Å². The van der Waals surface area contributed by atoms with Crippen molar-refractivity contribution in [2.45, 2.75) is 18.3 Å². The average Bonchev–Trinajstić information content (AvgIpc) is 2.78. The van der Waals surface area contributed by atoms with Gasteiger partial charge in [-0.1, -0.05) is 18.2 Å². The Kier molecular flexibility index (Phi) is 3.72. The van der Waals surface area contributed by atoms with E-state index in [1.165, 1.54) is 17.7 Å². The van der Waals surface area contributed by atoms with Gasteiger partial charge in [-0.3, -0.25) is 0 Å². The third-order valence-electron chi connectivity index (χ3n) is 3.37. The number of alkyl halides is 1. The van der Waals surface area contributed by atoms with Gasteiger partial charge in [-0.25, -0.2) is 0 Å². The minimum absolute atomic E-state index is 0.597. The second kappa shape index (κ2) is 5.07. The smallest absolute Gasteiger partial charge is 0.0494 e. The van der Waals surface area contributed by atoms with Gasteiger partial charge in [-0.05, 0) is 32.1 Å². The molecule has 1 unspecified atom stereocenters. The summed E-state index contributed by atoms with van der Waals surface area (Å²) in [6, 6.07) is 9.11. The van der Waals surface area contributed by atoms with E-state index in [0.29, 0.717) is 11.9 Å². The molecule has 0 spiro atoms. The number of anilines is 1. The number of likely N-dealkylation sites (N-methyl/N-ethyl adjacent to an activating group) is 1. The van der Waals surface area contributed by atoms with Crippen molar-refractivity contribution < 1.29 is 0 Å². The van der Waals surface area contributed by atoms with Crippen LogP contribution in [0.3, 0.4) is 0 Å². The number of halogens is 1. The molecule has 1 saturated heterocycles. The Balaban J connectivity index is 2.14. The van der Waals surface area contributed by atoms with Crippen LogP contribution in [-0.2, 0) is 5.88 Å². The lowest BCUT2D eigenvalue weighted by molar-refractivity contribution is 0.315. The molecule has 0 bridgehead atoms. The van der Waals surface area contributed by atoms with Gasteiger partial charge in [-0.15, -0.1) is 11.6 Å². The van der Waals surface area contributed by atoms with Crippen LogP contribution in [0.15, 0.2) is 24.3 Å². The third-order valence-corrected chi connectivity index (χ3v) is 3.66. The van der Waals surface area contributed by atoms with Gasteiger partial charge in [0.25, 0.3) is 0 Å². The van der Waals surface area contributed by atoms with Crippen molar-refractivity contribution in [1.29, 1.82) is 0 Å². The van der Waals surface area contributed by atoms with E-state index in [-0.39, 0.29) is 0 Å². The molecule has 88 valence electrons. The van der Waals surface area contributed by atoms with Crippen LogP contribution in [0.5, 0.6) is 0 Å². The van der Waals surface area contributed by atoms with Gasteiger partial charge in [0.2, 0.25) is 0 Å². The molecule has 1 fully saturated rings. The van der Waals surface area contributed by atoms with Crippen molar-refractivity contribution >= 4 is 17.3 Å². The minimum Gasteiger partial charge on any atom is -0.370 e. The standard InChI is InChI=1S/C13H19ClN2/c1-15(2)12-7-8-16(10-12)13-6-4-3-5-11(13)9-14/h3-6,12H,7-10H2,1-2H3. The molecular formula is C13H19ClN2. The molecule has 1 heterocycles. The molecular weight excluding hydrogens is 220 g/mol. The van der Waals surface area contributed by atoms with E-state index in [4.69, 9.17) is 11.6 Å². The van der Waals surface area contributed by atoms with Gasteiger partial charge in [-0.2, -0.15) is 0 Å². The molecule has 1 aliphatic heterocycles. The maximum Gasteiger partial charge on any atom is 0.0494 e. The summed E-state index contributed by atoms with van der Waals surface area (Å²) in [4.78, 5) is 4.76. The molecule has 0 aliphatic carbocycles. The molecule has 1 aromatic carbocycles. The highest BCUT2D eigenvalue weighted by Gasteiger charge is 2.24. The number of nitrogens with zero attached hydrogens (tertiary/aromatic N) is 2. The molecule has 3 heteroatoms. The number of benzene rings is 1. The fraction of sp³-hybridized carbons (Fsp3) is 0.538. The van der Waals surface area contributed by atoms with Crippen LogP contribution < -0.4 is 4.90 Å². The topological polar surface area (TPSA) is 6.48 Å². The summed E-state index contributed by atoms with van der Waals surface area (Å²) in [5.74, 6) is 0.597. The monoisotopic (exact) mass is 238 g/mol. The van der Waals surface area contributed by atoms with Crippen molar-refractivity contribution in [3.05, 3.63) is 29.8 Å². The fourth-order valence-electron chi connectivity index (χ4n) is 2.31. The summed E-state index contributed by atoms with van der Waals surface area (Å²) in [7, 11) is 4.31. The van der Waals surface area contributed by atoms with Gasteiger partial charge < -0.3 is 9.80 Å². The molecule has 1 aromatic rings. The second-order valence-electron chi connectivity index (χ2n) is 4.61. The van der Waals surface area contributed by atoms with E-state index in [1.54, 1.807) is 0 Å². The quantitative estimate of drug-likeness (QED) is 0.747. The van der Waals surface area contributed by atoms with Gasteiger partial charge in [0, 0.05) is 30.7 Å². The summed E-state index contributed by atoms with van der Waals surface area (Å²) in [5.41, 5.74) is 2.55. The maximum atomic E-state index is 5.97. The largest absolute Gasteiger partial charge is 0.370 e. The van der Waals surface area contributed by atoms with Crippen molar-refractivity contribution in [2.75, 3.05) is 32.1 Å². The van der Waals surface area contributed by atoms with Crippen molar-refractivity contribution in [2.24, 2.45) is 0 Å².